The fourth-order valence-electron chi connectivity index (χ4n) is 2.08. The zero-order valence-electron chi connectivity index (χ0n) is 11.8. The number of benzene rings is 2. The Bertz CT molecular complexity index is 873. The van der Waals surface area contributed by atoms with Gasteiger partial charge in [0.05, 0.1) is 22.9 Å². The number of rotatable bonds is 3. The quantitative estimate of drug-likeness (QED) is 0.741. The van der Waals surface area contributed by atoms with E-state index >= 15 is 0 Å². The van der Waals surface area contributed by atoms with Gasteiger partial charge in [-0.25, -0.2) is 4.98 Å². The molecule has 2 aromatic carbocycles. The highest BCUT2D eigenvalue weighted by atomic mass is 32.1. The molecule has 0 saturated heterocycles. The maximum atomic E-state index is 9.62. The number of phenolic OH excluding ortho intramolecular Hbond substituents is 1. The first-order valence-corrected chi connectivity index (χ1v) is 7.37. The molecule has 0 amide bonds. The van der Waals surface area contributed by atoms with Crippen LogP contribution in [0.15, 0.2) is 42.5 Å². The number of phenols is 1. The number of allylic oxidation sites excluding steroid dienone is 1. The molecule has 1 heterocycles. The number of nitriles is 1. The second-order valence-electron chi connectivity index (χ2n) is 4.59. The van der Waals surface area contributed by atoms with Gasteiger partial charge < -0.3 is 9.84 Å². The molecular formula is C17H12N2O2S. The lowest BCUT2D eigenvalue weighted by molar-refractivity contribution is 0.373. The first kappa shape index (κ1) is 14.1. The van der Waals surface area contributed by atoms with E-state index in [9.17, 15) is 10.4 Å². The van der Waals surface area contributed by atoms with E-state index in [1.165, 1.54) is 24.5 Å². The summed E-state index contributed by atoms with van der Waals surface area (Å²) in [6.07, 6.45) is 1.74. The molecule has 3 aromatic rings. The highest BCUT2D eigenvalue weighted by Gasteiger charge is 2.09. The van der Waals surface area contributed by atoms with Crippen LogP contribution in [0, 0.1) is 11.3 Å². The monoisotopic (exact) mass is 308 g/mol. The third kappa shape index (κ3) is 2.65. The van der Waals surface area contributed by atoms with Crippen molar-refractivity contribution < 1.29 is 9.84 Å². The highest BCUT2D eigenvalue weighted by Crippen LogP contribution is 2.30. The molecule has 1 aromatic heterocycles. The Kier molecular flexibility index (Phi) is 3.77. The third-order valence-electron chi connectivity index (χ3n) is 3.16. The molecule has 0 saturated carbocycles. The summed E-state index contributed by atoms with van der Waals surface area (Å²) in [5.41, 5.74) is 2.13. The number of methoxy groups -OCH3 is 1. The van der Waals surface area contributed by atoms with Crippen molar-refractivity contribution in [3.8, 4) is 17.6 Å². The van der Waals surface area contributed by atoms with E-state index in [0.717, 1.165) is 15.8 Å². The minimum Gasteiger partial charge on any atom is -0.504 e. The van der Waals surface area contributed by atoms with E-state index in [1.54, 1.807) is 18.2 Å². The van der Waals surface area contributed by atoms with Crippen LogP contribution in [0.25, 0.3) is 21.9 Å². The van der Waals surface area contributed by atoms with Crippen LogP contribution < -0.4 is 4.74 Å². The van der Waals surface area contributed by atoms with Crippen LogP contribution in [0.1, 0.15) is 10.6 Å². The number of aromatic nitrogens is 1. The lowest BCUT2D eigenvalue weighted by atomic mass is 10.1. The Labute approximate surface area is 131 Å². The standard InChI is InChI=1S/C17H12N2O2S/c1-21-15-9-11(6-7-14(15)20)8-12(10-18)17-19-13-4-2-3-5-16(13)22-17/h2-9,20H,1H3. The number of para-hydroxylation sites is 1. The fraction of sp³-hybridized carbons (Fsp3) is 0.0588. The predicted molar refractivity (Wildman–Crippen MR) is 87.8 cm³/mol. The van der Waals surface area contributed by atoms with Gasteiger partial charge in [0.15, 0.2) is 11.5 Å². The van der Waals surface area contributed by atoms with Gasteiger partial charge in [0.25, 0.3) is 0 Å². The van der Waals surface area contributed by atoms with Crippen LogP contribution in [0.3, 0.4) is 0 Å². The van der Waals surface area contributed by atoms with Gasteiger partial charge in [0.1, 0.15) is 11.1 Å². The van der Waals surface area contributed by atoms with Crippen molar-refractivity contribution in [3.63, 3.8) is 0 Å². The molecule has 0 atom stereocenters. The number of ether oxygens (including phenoxy) is 1. The zero-order valence-corrected chi connectivity index (χ0v) is 12.6. The first-order chi connectivity index (χ1) is 10.7. The largest absolute Gasteiger partial charge is 0.504 e. The van der Waals surface area contributed by atoms with E-state index < -0.39 is 0 Å². The number of fused-ring (bicyclic) bond motifs is 1. The highest BCUT2D eigenvalue weighted by molar-refractivity contribution is 7.19. The zero-order chi connectivity index (χ0) is 15.5. The number of hydrogen-bond donors (Lipinski definition) is 1. The normalized spacial score (nSPS) is 11.4. The molecule has 4 nitrogen and oxygen atoms in total. The van der Waals surface area contributed by atoms with Crippen molar-refractivity contribution in [2.45, 2.75) is 0 Å². The van der Waals surface area contributed by atoms with Crippen molar-refractivity contribution in [1.82, 2.24) is 4.98 Å². The van der Waals surface area contributed by atoms with Gasteiger partial charge in [0, 0.05) is 0 Å². The lowest BCUT2D eigenvalue weighted by Gasteiger charge is -2.04. The van der Waals surface area contributed by atoms with E-state index in [2.05, 4.69) is 11.1 Å². The second-order valence-corrected chi connectivity index (χ2v) is 5.62. The van der Waals surface area contributed by atoms with Gasteiger partial charge in [-0.05, 0) is 35.9 Å². The molecule has 0 aliphatic heterocycles. The Morgan fingerprint density at radius 1 is 1.32 bits per heavy atom. The topological polar surface area (TPSA) is 66.1 Å². The fourth-order valence-corrected chi connectivity index (χ4v) is 3.01. The lowest BCUT2D eigenvalue weighted by Crippen LogP contribution is -1.85. The number of aromatic hydroxyl groups is 1. The third-order valence-corrected chi connectivity index (χ3v) is 4.23. The number of nitrogens with zero attached hydrogens (tertiary/aromatic N) is 2. The molecule has 0 fully saturated rings. The summed E-state index contributed by atoms with van der Waals surface area (Å²) >= 11 is 1.48. The van der Waals surface area contributed by atoms with Crippen molar-refractivity contribution in [3.05, 3.63) is 53.0 Å². The molecule has 0 aliphatic rings. The van der Waals surface area contributed by atoms with Crippen LogP contribution >= 0.6 is 11.3 Å². The van der Waals surface area contributed by atoms with Gasteiger partial charge in [-0.1, -0.05) is 18.2 Å². The van der Waals surface area contributed by atoms with Crippen molar-refractivity contribution in [2.75, 3.05) is 7.11 Å². The molecule has 0 aliphatic carbocycles. The van der Waals surface area contributed by atoms with Crippen molar-refractivity contribution in [2.24, 2.45) is 0 Å². The molecule has 22 heavy (non-hydrogen) atoms. The van der Waals surface area contributed by atoms with E-state index in [4.69, 9.17) is 4.74 Å². The Morgan fingerprint density at radius 3 is 2.86 bits per heavy atom. The molecule has 0 bridgehead atoms. The summed E-state index contributed by atoms with van der Waals surface area (Å²) in [6, 6.07) is 14.9. The molecular weight excluding hydrogens is 296 g/mol. The van der Waals surface area contributed by atoms with Gasteiger partial charge in [-0.3, -0.25) is 0 Å². The van der Waals surface area contributed by atoms with Crippen LogP contribution in [0.4, 0.5) is 0 Å². The van der Waals surface area contributed by atoms with Gasteiger partial charge >= 0.3 is 0 Å². The van der Waals surface area contributed by atoms with Gasteiger partial charge in [-0.2, -0.15) is 5.26 Å². The number of thiazole rings is 1. The predicted octanol–water partition coefficient (Wildman–Crippen LogP) is 4.07. The summed E-state index contributed by atoms with van der Waals surface area (Å²) in [4.78, 5) is 4.49. The Balaban J connectivity index is 2.05. The summed E-state index contributed by atoms with van der Waals surface area (Å²) < 4.78 is 6.12. The second kappa shape index (κ2) is 5.88. The van der Waals surface area contributed by atoms with Crippen LogP contribution in [0.5, 0.6) is 11.5 Å². The Morgan fingerprint density at radius 2 is 2.14 bits per heavy atom. The van der Waals surface area contributed by atoms with Crippen LogP contribution in [-0.2, 0) is 0 Å². The average molecular weight is 308 g/mol. The average Bonchev–Trinajstić information content (AvgIpc) is 2.97. The van der Waals surface area contributed by atoms with Crippen LogP contribution in [-0.4, -0.2) is 17.2 Å². The molecule has 1 N–H and O–H groups in total. The maximum Gasteiger partial charge on any atom is 0.161 e. The molecule has 108 valence electrons. The van der Waals surface area contributed by atoms with E-state index in [-0.39, 0.29) is 5.75 Å². The molecule has 0 spiro atoms. The smallest absolute Gasteiger partial charge is 0.161 e. The summed E-state index contributed by atoms with van der Waals surface area (Å²) in [7, 11) is 1.49. The molecule has 5 heteroatoms. The van der Waals surface area contributed by atoms with Gasteiger partial charge in [-0.15, -0.1) is 11.3 Å². The van der Waals surface area contributed by atoms with E-state index in [1.807, 2.05) is 24.3 Å². The van der Waals surface area contributed by atoms with Gasteiger partial charge in [0.2, 0.25) is 0 Å². The molecule has 0 radical (unpaired) electrons. The number of hydrogen-bond acceptors (Lipinski definition) is 5. The molecule has 0 unspecified atom stereocenters. The summed E-state index contributed by atoms with van der Waals surface area (Å²) in [6.45, 7) is 0. The van der Waals surface area contributed by atoms with Crippen molar-refractivity contribution >= 4 is 33.2 Å². The SMILES string of the molecule is COc1cc(C=C(C#N)c2nc3ccccc3s2)ccc1O. The minimum absolute atomic E-state index is 0.0677. The van der Waals surface area contributed by atoms with Crippen LogP contribution in [0.2, 0.25) is 0 Å². The van der Waals surface area contributed by atoms with E-state index in [0.29, 0.717) is 16.3 Å². The maximum absolute atomic E-state index is 9.62. The Hall–Kier alpha value is -2.84. The minimum atomic E-state index is 0.0677. The summed E-state index contributed by atoms with van der Waals surface area (Å²) in [5, 5.41) is 19.7. The van der Waals surface area contributed by atoms with Crippen molar-refractivity contribution in [1.29, 1.82) is 5.26 Å². The first-order valence-electron chi connectivity index (χ1n) is 6.56. The molecule has 3 rings (SSSR count). The summed E-state index contributed by atoms with van der Waals surface area (Å²) in [5.74, 6) is 0.438.